The molecule has 1 fully saturated rings. The van der Waals surface area contributed by atoms with Gasteiger partial charge in [0.25, 0.3) is 0 Å². The van der Waals surface area contributed by atoms with Crippen molar-refractivity contribution in [2.45, 2.75) is 32.1 Å². The van der Waals surface area contributed by atoms with E-state index >= 15 is 0 Å². The van der Waals surface area contributed by atoms with Crippen LogP contribution in [0.1, 0.15) is 20.8 Å². The molecule has 0 aliphatic carbocycles. The smallest absolute Gasteiger partial charge is 0.217 e. The summed E-state index contributed by atoms with van der Waals surface area (Å²) < 4.78 is 0. The van der Waals surface area contributed by atoms with E-state index in [2.05, 4.69) is 19.2 Å². The van der Waals surface area contributed by atoms with Crippen LogP contribution in [0.3, 0.4) is 0 Å². The van der Waals surface area contributed by atoms with Crippen molar-refractivity contribution < 1.29 is 4.79 Å². The van der Waals surface area contributed by atoms with Crippen molar-refractivity contribution in [3.8, 4) is 0 Å². The van der Waals surface area contributed by atoms with Gasteiger partial charge >= 0.3 is 0 Å². The fourth-order valence-electron chi connectivity index (χ4n) is 1.47. The Bertz CT molecular complexity index is 150. The minimum Gasteiger partial charge on any atom is -0.352 e. The van der Waals surface area contributed by atoms with Gasteiger partial charge in [-0.3, -0.25) is 4.79 Å². The van der Waals surface area contributed by atoms with Gasteiger partial charge in [-0.05, 0) is 11.7 Å². The third-order valence-electron chi connectivity index (χ3n) is 2.11. The van der Waals surface area contributed by atoms with Crippen LogP contribution in [0, 0.1) is 5.92 Å². The van der Waals surface area contributed by atoms with Crippen LogP contribution in [-0.4, -0.2) is 23.0 Å². The van der Waals surface area contributed by atoms with Crippen LogP contribution >= 0.6 is 11.8 Å². The van der Waals surface area contributed by atoms with Crippen molar-refractivity contribution in [2.75, 3.05) is 5.75 Å². The third-order valence-corrected chi connectivity index (χ3v) is 3.65. The lowest BCUT2D eigenvalue weighted by Gasteiger charge is -2.19. The number of carbonyl (C=O) groups excluding carboxylic acids is 1. The summed E-state index contributed by atoms with van der Waals surface area (Å²) in [4.78, 5) is 10.8. The zero-order valence-electron chi connectivity index (χ0n) is 7.26. The van der Waals surface area contributed by atoms with Crippen molar-refractivity contribution in [2.24, 2.45) is 5.92 Å². The summed E-state index contributed by atoms with van der Waals surface area (Å²) >= 11 is 1.94. The Balaban J connectivity index is 2.47. The van der Waals surface area contributed by atoms with Gasteiger partial charge in [-0.25, -0.2) is 0 Å². The molecule has 0 aromatic heterocycles. The van der Waals surface area contributed by atoms with E-state index in [-0.39, 0.29) is 5.91 Å². The summed E-state index contributed by atoms with van der Waals surface area (Å²) in [6.07, 6.45) is 0. The maximum Gasteiger partial charge on any atom is 0.217 e. The van der Waals surface area contributed by atoms with Gasteiger partial charge in [0.15, 0.2) is 0 Å². The van der Waals surface area contributed by atoms with Gasteiger partial charge < -0.3 is 5.32 Å². The Morgan fingerprint density at radius 2 is 2.18 bits per heavy atom. The molecule has 1 aliphatic rings. The predicted molar refractivity (Wildman–Crippen MR) is 48.7 cm³/mol. The zero-order chi connectivity index (χ0) is 8.43. The zero-order valence-corrected chi connectivity index (χ0v) is 8.07. The molecule has 0 radical (unpaired) electrons. The molecule has 1 aliphatic heterocycles. The van der Waals surface area contributed by atoms with Crippen molar-refractivity contribution in [1.82, 2.24) is 5.32 Å². The number of rotatable bonds is 1. The van der Waals surface area contributed by atoms with Gasteiger partial charge in [0, 0.05) is 18.2 Å². The largest absolute Gasteiger partial charge is 0.352 e. The summed E-state index contributed by atoms with van der Waals surface area (Å²) in [7, 11) is 0. The Labute approximate surface area is 72.1 Å². The van der Waals surface area contributed by atoms with Gasteiger partial charge in [-0.1, -0.05) is 13.8 Å². The second-order valence-corrected chi connectivity index (χ2v) is 4.65. The van der Waals surface area contributed by atoms with E-state index in [0.29, 0.717) is 17.2 Å². The first kappa shape index (κ1) is 8.91. The van der Waals surface area contributed by atoms with Gasteiger partial charge in [0.1, 0.15) is 0 Å². The van der Waals surface area contributed by atoms with Crippen molar-refractivity contribution in [3.63, 3.8) is 0 Å². The molecule has 0 aromatic rings. The van der Waals surface area contributed by atoms with E-state index in [1.807, 2.05) is 11.8 Å². The SMILES string of the molecule is CC(=O)NC1C(C)CS[C@H]1C. The van der Waals surface area contributed by atoms with E-state index in [9.17, 15) is 4.79 Å². The van der Waals surface area contributed by atoms with Crippen LogP contribution in [0.25, 0.3) is 0 Å². The van der Waals surface area contributed by atoms with E-state index in [1.165, 1.54) is 5.75 Å². The lowest BCUT2D eigenvalue weighted by atomic mass is 10.0. The summed E-state index contributed by atoms with van der Waals surface area (Å²) in [6, 6.07) is 0.387. The van der Waals surface area contributed by atoms with Crippen molar-refractivity contribution >= 4 is 17.7 Å². The second-order valence-electron chi connectivity index (χ2n) is 3.24. The molecule has 3 heteroatoms. The second kappa shape index (κ2) is 3.48. The van der Waals surface area contributed by atoms with Crippen LogP contribution in [0.5, 0.6) is 0 Å². The Kier molecular flexibility index (Phi) is 2.82. The first-order valence-electron chi connectivity index (χ1n) is 4.00. The summed E-state index contributed by atoms with van der Waals surface area (Å²) in [6.45, 7) is 5.95. The van der Waals surface area contributed by atoms with Crippen LogP contribution in [0.4, 0.5) is 0 Å². The summed E-state index contributed by atoms with van der Waals surface area (Å²) in [5.41, 5.74) is 0. The fourth-order valence-corrected chi connectivity index (χ4v) is 2.83. The summed E-state index contributed by atoms with van der Waals surface area (Å²) in [5, 5.41) is 3.56. The predicted octanol–water partition coefficient (Wildman–Crippen LogP) is 1.26. The number of amides is 1. The standard InChI is InChI=1S/C8H15NOS/c1-5-4-11-6(2)8(5)9-7(3)10/h5-6,8H,4H2,1-3H3,(H,9,10)/t5?,6-,8?/m0/s1. The lowest BCUT2D eigenvalue weighted by molar-refractivity contribution is -0.119. The fraction of sp³-hybridized carbons (Fsp3) is 0.875. The molecule has 0 bridgehead atoms. The highest BCUT2D eigenvalue weighted by Gasteiger charge is 2.31. The van der Waals surface area contributed by atoms with E-state index in [1.54, 1.807) is 6.92 Å². The van der Waals surface area contributed by atoms with E-state index in [0.717, 1.165) is 0 Å². The maximum atomic E-state index is 10.8. The topological polar surface area (TPSA) is 29.1 Å². The molecule has 1 saturated heterocycles. The molecule has 1 N–H and O–H groups in total. The molecule has 0 saturated carbocycles. The highest BCUT2D eigenvalue weighted by Crippen LogP contribution is 2.30. The molecule has 1 amide bonds. The van der Waals surface area contributed by atoms with Crippen molar-refractivity contribution in [3.05, 3.63) is 0 Å². The van der Waals surface area contributed by atoms with Gasteiger partial charge in [0.05, 0.1) is 0 Å². The van der Waals surface area contributed by atoms with Crippen LogP contribution in [-0.2, 0) is 4.79 Å². The van der Waals surface area contributed by atoms with Gasteiger partial charge in [-0.15, -0.1) is 0 Å². The molecule has 0 aromatic carbocycles. The molecule has 1 heterocycles. The minimum absolute atomic E-state index is 0.0937. The number of nitrogens with one attached hydrogen (secondary N) is 1. The number of hydrogen-bond donors (Lipinski definition) is 1. The number of hydrogen-bond acceptors (Lipinski definition) is 2. The molecule has 3 atom stereocenters. The highest BCUT2D eigenvalue weighted by atomic mass is 32.2. The Hall–Kier alpha value is -0.180. The van der Waals surface area contributed by atoms with Crippen LogP contribution in [0.15, 0.2) is 0 Å². The average molecular weight is 173 g/mol. The maximum absolute atomic E-state index is 10.8. The van der Waals surface area contributed by atoms with Crippen LogP contribution in [0.2, 0.25) is 0 Å². The molecule has 0 spiro atoms. The van der Waals surface area contributed by atoms with E-state index < -0.39 is 0 Å². The normalized spacial score (nSPS) is 37.2. The quantitative estimate of drug-likeness (QED) is 0.647. The summed E-state index contributed by atoms with van der Waals surface area (Å²) in [5.74, 6) is 1.89. The molecular formula is C8H15NOS. The van der Waals surface area contributed by atoms with Gasteiger partial charge in [0.2, 0.25) is 5.91 Å². The molecular weight excluding hydrogens is 158 g/mol. The monoisotopic (exact) mass is 173 g/mol. The molecule has 1 rings (SSSR count). The number of thioether (sulfide) groups is 1. The first-order valence-corrected chi connectivity index (χ1v) is 5.05. The number of carbonyl (C=O) groups is 1. The average Bonchev–Trinajstić information content (AvgIpc) is 2.18. The van der Waals surface area contributed by atoms with E-state index in [4.69, 9.17) is 0 Å². The molecule has 64 valence electrons. The molecule has 11 heavy (non-hydrogen) atoms. The van der Waals surface area contributed by atoms with Crippen LogP contribution < -0.4 is 5.32 Å². The van der Waals surface area contributed by atoms with Gasteiger partial charge in [-0.2, -0.15) is 11.8 Å². The molecule has 2 nitrogen and oxygen atoms in total. The lowest BCUT2D eigenvalue weighted by Crippen LogP contribution is -2.40. The third kappa shape index (κ3) is 2.12. The Morgan fingerprint density at radius 3 is 2.55 bits per heavy atom. The molecule has 2 unspecified atom stereocenters. The highest BCUT2D eigenvalue weighted by molar-refractivity contribution is 8.00. The Morgan fingerprint density at radius 1 is 1.55 bits per heavy atom. The minimum atomic E-state index is 0.0937. The van der Waals surface area contributed by atoms with Crippen molar-refractivity contribution in [1.29, 1.82) is 0 Å². The first-order chi connectivity index (χ1) is 5.11.